The van der Waals surface area contributed by atoms with Crippen LogP contribution in [-0.4, -0.2) is 68.5 Å². The second kappa shape index (κ2) is 62.9. The second-order valence-corrected chi connectivity index (χ2v) is 25.9. The van der Waals surface area contributed by atoms with Crippen LogP contribution >= 0.6 is 7.82 Å². The fourth-order valence-corrected chi connectivity index (χ4v) is 10.6. The maximum atomic E-state index is 13.0. The number of nitrogens with zero attached hydrogens (tertiary/aromatic N) is 1. The molecule has 476 valence electrons. The molecule has 0 saturated heterocycles. The Hall–Kier alpha value is -2.58. The van der Waals surface area contributed by atoms with Gasteiger partial charge in [0.1, 0.15) is 13.2 Å². The first-order chi connectivity index (χ1) is 40.0. The molecule has 0 aliphatic carbocycles. The number of phosphoric ester groups is 1. The standard InChI is InChI=1S/C73H133N2O6P/c1-6-8-10-12-14-16-18-20-22-24-26-28-30-31-32-33-34-35-36-37-38-39-40-41-42-43-45-47-49-51-53-55-57-59-61-63-65-67-73(77)74-71(70-81-82(78,79)80-69-68-75(3,4)5)72(76)66-64-62-60-58-56-54-52-50-48-46-44-29-27-25-23-21-19-17-15-13-11-9-7-2/h8,10,14,16,20,22,26,28,31-32,48,50,56,58,64,66,71-72,76H,6-7,9,11-13,15,17-19,21,23-25,27,29-30,33-47,49,51-55,57,59-63,65,67-70H2,1-5H3,(H-,74,77,78,79)/b10-8-,16-14-,22-20-,28-26-,32-31-,50-48+,58-56+,66-64+. The van der Waals surface area contributed by atoms with E-state index in [-0.39, 0.29) is 12.5 Å². The van der Waals surface area contributed by atoms with Crippen molar-refractivity contribution < 1.29 is 32.9 Å². The lowest BCUT2D eigenvalue weighted by Gasteiger charge is -2.29. The van der Waals surface area contributed by atoms with Crippen LogP contribution in [0.25, 0.3) is 0 Å². The number of carbonyl (C=O) groups is 1. The molecule has 0 radical (unpaired) electrons. The minimum absolute atomic E-state index is 0.0106. The predicted molar refractivity (Wildman–Crippen MR) is 357 cm³/mol. The number of hydrogen-bond donors (Lipinski definition) is 2. The number of nitrogens with one attached hydrogen (secondary N) is 1. The zero-order chi connectivity index (χ0) is 59.8. The van der Waals surface area contributed by atoms with Gasteiger partial charge in [-0.25, -0.2) is 0 Å². The number of likely N-dealkylation sites (N-methyl/N-ethyl adjacent to an activating group) is 1. The molecule has 82 heavy (non-hydrogen) atoms. The van der Waals surface area contributed by atoms with Gasteiger partial charge < -0.3 is 28.8 Å². The van der Waals surface area contributed by atoms with Gasteiger partial charge in [0.2, 0.25) is 5.91 Å². The maximum absolute atomic E-state index is 13.0. The number of hydrogen-bond acceptors (Lipinski definition) is 6. The summed E-state index contributed by atoms with van der Waals surface area (Å²) in [6.45, 7) is 4.53. The molecule has 0 aliphatic heterocycles. The molecule has 9 heteroatoms. The van der Waals surface area contributed by atoms with Crippen molar-refractivity contribution in [2.24, 2.45) is 0 Å². The lowest BCUT2D eigenvalue weighted by atomic mass is 10.0. The Bertz CT molecular complexity index is 1660. The van der Waals surface area contributed by atoms with E-state index in [4.69, 9.17) is 9.05 Å². The number of unbranched alkanes of at least 4 members (excludes halogenated alkanes) is 36. The highest BCUT2D eigenvalue weighted by Gasteiger charge is 2.23. The molecule has 3 unspecified atom stereocenters. The number of aliphatic hydroxyl groups excluding tert-OH is 1. The van der Waals surface area contributed by atoms with Gasteiger partial charge in [-0.2, -0.15) is 0 Å². The molecule has 0 heterocycles. The Morgan fingerprint density at radius 2 is 0.756 bits per heavy atom. The summed E-state index contributed by atoms with van der Waals surface area (Å²) in [5.41, 5.74) is 0. The van der Waals surface area contributed by atoms with E-state index in [9.17, 15) is 19.4 Å². The average Bonchev–Trinajstić information content (AvgIpc) is 3.47. The van der Waals surface area contributed by atoms with E-state index in [1.54, 1.807) is 6.08 Å². The highest BCUT2D eigenvalue weighted by molar-refractivity contribution is 7.45. The van der Waals surface area contributed by atoms with E-state index in [1.165, 1.54) is 212 Å². The summed E-state index contributed by atoms with van der Waals surface area (Å²) in [4.78, 5) is 25.6. The SMILES string of the molecule is CC/C=C\C/C=C\C/C=C\C/C=C\C/C=C\CCCCCCCCCCCCCCCCCCCCCCCC(=O)NC(COP(=O)([O-])OCC[N+](C)(C)C)C(O)/C=C/CC/C=C/CC/C=C/CCCCCCCCCCCCCCC. The summed E-state index contributed by atoms with van der Waals surface area (Å²) < 4.78 is 23.4. The highest BCUT2D eigenvalue weighted by Crippen LogP contribution is 2.38. The maximum Gasteiger partial charge on any atom is 0.268 e. The van der Waals surface area contributed by atoms with Crippen molar-refractivity contribution in [2.45, 2.75) is 321 Å². The van der Waals surface area contributed by atoms with E-state index in [0.717, 1.165) is 77.0 Å². The highest BCUT2D eigenvalue weighted by atomic mass is 31.2. The number of carbonyl (C=O) groups excluding carboxylic acids is 1. The Balaban J connectivity index is 4.07. The molecular weight excluding hydrogens is 1030 g/mol. The van der Waals surface area contributed by atoms with Gasteiger partial charge in [-0.1, -0.05) is 310 Å². The van der Waals surface area contributed by atoms with Gasteiger partial charge in [-0.3, -0.25) is 9.36 Å². The normalized spacial score (nSPS) is 14.3. The van der Waals surface area contributed by atoms with E-state index in [0.29, 0.717) is 17.4 Å². The van der Waals surface area contributed by atoms with Gasteiger partial charge >= 0.3 is 0 Å². The van der Waals surface area contributed by atoms with E-state index < -0.39 is 26.6 Å². The van der Waals surface area contributed by atoms with Gasteiger partial charge in [0.15, 0.2) is 0 Å². The van der Waals surface area contributed by atoms with Crippen molar-refractivity contribution in [2.75, 3.05) is 40.9 Å². The first kappa shape index (κ1) is 79.4. The van der Waals surface area contributed by atoms with Crippen LogP contribution in [0.2, 0.25) is 0 Å². The molecule has 2 N–H and O–H groups in total. The van der Waals surface area contributed by atoms with Gasteiger partial charge in [0.25, 0.3) is 7.82 Å². The van der Waals surface area contributed by atoms with Crippen molar-refractivity contribution in [1.82, 2.24) is 5.32 Å². The van der Waals surface area contributed by atoms with Crippen LogP contribution in [0, 0.1) is 0 Å². The number of allylic oxidation sites excluding steroid dienone is 15. The largest absolute Gasteiger partial charge is 0.756 e. The van der Waals surface area contributed by atoms with Crippen molar-refractivity contribution in [3.05, 3.63) is 97.2 Å². The Morgan fingerprint density at radius 1 is 0.439 bits per heavy atom. The molecule has 0 aliphatic rings. The van der Waals surface area contributed by atoms with E-state index in [2.05, 4.69) is 104 Å². The topological polar surface area (TPSA) is 108 Å². The minimum Gasteiger partial charge on any atom is -0.756 e. The van der Waals surface area contributed by atoms with E-state index in [1.807, 2.05) is 27.2 Å². The quantitative estimate of drug-likeness (QED) is 0.0272. The molecule has 3 atom stereocenters. The number of rotatable bonds is 63. The first-order valence-corrected chi connectivity index (χ1v) is 36.1. The van der Waals surface area contributed by atoms with Crippen LogP contribution in [0.1, 0.15) is 309 Å². The molecule has 0 aromatic heterocycles. The number of aliphatic hydroxyl groups is 1. The Labute approximate surface area is 509 Å². The van der Waals surface area contributed by atoms with Crippen LogP contribution in [0.5, 0.6) is 0 Å². The van der Waals surface area contributed by atoms with Crippen LogP contribution in [-0.2, 0) is 18.4 Å². The van der Waals surface area contributed by atoms with Crippen LogP contribution < -0.4 is 10.2 Å². The summed E-state index contributed by atoms with van der Waals surface area (Å²) >= 11 is 0. The fourth-order valence-electron chi connectivity index (χ4n) is 9.92. The first-order valence-electron chi connectivity index (χ1n) is 34.6. The van der Waals surface area contributed by atoms with E-state index >= 15 is 0 Å². The summed E-state index contributed by atoms with van der Waals surface area (Å²) in [5.74, 6) is -0.209. The summed E-state index contributed by atoms with van der Waals surface area (Å²) in [6.07, 6.45) is 91.0. The van der Waals surface area contributed by atoms with Gasteiger partial charge in [0.05, 0.1) is 39.9 Å². The smallest absolute Gasteiger partial charge is 0.268 e. The van der Waals surface area contributed by atoms with Crippen LogP contribution in [0.15, 0.2) is 97.2 Å². The van der Waals surface area contributed by atoms with Crippen molar-refractivity contribution >= 4 is 13.7 Å². The zero-order valence-corrected chi connectivity index (χ0v) is 55.3. The molecule has 8 nitrogen and oxygen atoms in total. The minimum atomic E-state index is -4.62. The second-order valence-electron chi connectivity index (χ2n) is 24.5. The lowest BCUT2D eigenvalue weighted by Crippen LogP contribution is -2.45. The summed E-state index contributed by atoms with van der Waals surface area (Å²) in [7, 11) is 1.24. The Morgan fingerprint density at radius 3 is 1.13 bits per heavy atom. The molecule has 0 aromatic rings. The van der Waals surface area contributed by atoms with Crippen molar-refractivity contribution in [3.63, 3.8) is 0 Å². The molecule has 0 spiro atoms. The molecule has 0 rings (SSSR count). The third kappa shape index (κ3) is 65.0. The molecule has 0 aromatic carbocycles. The number of amides is 1. The van der Waals surface area contributed by atoms with Crippen LogP contribution in [0.4, 0.5) is 0 Å². The van der Waals surface area contributed by atoms with Gasteiger partial charge in [-0.05, 0) is 89.9 Å². The van der Waals surface area contributed by atoms with Crippen molar-refractivity contribution in [3.8, 4) is 0 Å². The van der Waals surface area contributed by atoms with Crippen LogP contribution in [0.3, 0.4) is 0 Å². The van der Waals surface area contributed by atoms with Gasteiger partial charge in [0, 0.05) is 6.42 Å². The van der Waals surface area contributed by atoms with Crippen molar-refractivity contribution in [1.29, 1.82) is 0 Å². The summed E-state index contributed by atoms with van der Waals surface area (Å²) in [5, 5.41) is 13.9. The third-order valence-electron chi connectivity index (χ3n) is 15.3. The monoisotopic (exact) mass is 1160 g/mol. The molecule has 0 fully saturated rings. The fraction of sp³-hybridized carbons (Fsp3) is 0.767. The van der Waals surface area contributed by atoms with Gasteiger partial charge in [-0.15, -0.1) is 0 Å². The molecule has 0 saturated carbocycles. The average molecular weight is 1170 g/mol. The molecule has 1 amide bonds. The number of phosphoric acid groups is 1. The molecular formula is C73H133N2O6P. The molecule has 0 bridgehead atoms. The lowest BCUT2D eigenvalue weighted by molar-refractivity contribution is -0.870. The Kier molecular flexibility index (Phi) is 61.0. The predicted octanol–water partition coefficient (Wildman–Crippen LogP) is 21.5. The summed E-state index contributed by atoms with van der Waals surface area (Å²) in [6, 6.07) is -0.914. The third-order valence-corrected chi connectivity index (χ3v) is 16.2. The number of quaternary nitrogens is 1. The zero-order valence-electron chi connectivity index (χ0n) is 54.4.